The molecule has 3 nitrogen and oxygen atoms in total. The summed E-state index contributed by atoms with van der Waals surface area (Å²) < 4.78 is 9.61. The van der Waals surface area contributed by atoms with E-state index in [2.05, 4.69) is 0 Å². The van der Waals surface area contributed by atoms with Crippen molar-refractivity contribution >= 4 is 5.97 Å². The van der Waals surface area contributed by atoms with Gasteiger partial charge in [0.05, 0.1) is 0 Å². The van der Waals surface area contributed by atoms with E-state index in [0.29, 0.717) is 6.42 Å². The Labute approximate surface area is 53.9 Å². The molecular weight excluding hydrogens is 120 g/mol. The number of carbonyl (C=O) groups is 1. The zero-order valence-electron chi connectivity index (χ0n) is 5.59. The Morgan fingerprint density at radius 2 is 2.33 bits per heavy atom. The van der Waals surface area contributed by atoms with E-state index in [9.17, 15) is 4.79 Å². The van der Waals surface area contributed by atoms with Crippen LogP contribution in [0.2, 0.25) is 0 Å². The number of carbonyl (C=O) groups excluding carboxylic acids is 1. The van der Waals surface area contributed by atoms with Gasteiger partial charge in [-0.15, -0.1) is 0 Å². The first kappa shape index (κ1) is 6.55. The van der Waals surface area contributed by atoms with Crippen molar-refractivity contribution in [2.45, 2.75) is 32.7 Å². The molecule has 0 amide bonds. The Morgan fingerprint density at radius 3 is 2.67 bits per heavy atom. The molecular formula is C6H10O3. The first-order chi connectivity index (χ1) is 4.24. The lowest BCUT2D eigenvalue weighted by atomic mass is 10.5. The van der Waals surface area contributed by atoms with Gasteiger partial charge in [-0.2, -0.15) is 0 Å². The Bertz CT molecular complexity index is 121. The molecule has 1 aliphatic rings. The van der Waals surface area contributed by atoms with Crippen molar-refractivity contribution in [2.24, 2.45) is 0 Å². The van der Waals surface area contributed by atoms with Crippen LogP contribution in [0.1, 0.15) is 20.3 Å². The average Bonchev–Trinajstić information content (AvgIpc) is 2.47. The van der Waals surface area contributed by atoms with E-state index in [4.69, 9.17) is 9.47 Å². The molecule has 2 atom stereocenters. The van der Waals surface area contributed by atoms with Gasteiger partial charge in [0.1, 0.15) is 6.10 Å². The van der Waals surface area contributed by atoms with Gasteiger partial charge in [0.15, 0.2) is 0 Å². The Hall–Kier alpha value is -0.570. The highest BCUT2D eigenvalue weighted by atomic mass is 16.8. The molecule has 0 spiro atoms. The second kappa shape index (κ2) is 2.35. The lowest BCUT2D eigenvalue weighted by molar-refractivity contribution is -0.148. The smallest absolute Gasteiger partial charge is 0.307 e. The van der Waals surface area contributed by atoms with Crippen molar-refractivity contribution in [3.05, 3.63) is 0 Å². The molecule has 0 N–H and O–H groups in total. The van der Waals surface area contributed by atoms with Gasteiger partial charge in [-0.05, 0) is 6.92 Å². The van der Waals surface area contributed by atoms with Crippen LogP contribution in [0.25, 0.3) is 0 Å². The summed E-state index contributed by atoms with van der Waals surface area (Å²) in [5.74, 6) is -0.190. The van der Waals surface area contributed by atoms with Crippen LogP contribution in [0.5, 0.6) is 0 Å². The van der Waals surface area contributed by atoms with Gasteiger partial charge in [0.25, 0.3) is 0 Å². The third kappa shape index (κ3) is 1.68. The molecule has 0 aliphatic carbocycles. The van der Waals surface area contributed by atoms with Gasteiger partial charge in [0, 0.05) is 6.42 Å². The topological polar surface area (TPSA) is 38.8 Å². The molecule has 2 unspecified atom stereocenters. The van der Waals surface area contributed by atoms with Crippen molar-refractivity contribution in [2.75, 3.05) is 0 Å². The van der Waals surface area contributed by atoms with Gasteiger partial charge >= 0.3 is 5.97 Å². The molecule has 1 saturated heterocycles. The SMILES string of the molecule is CCC(=O)OC1OC1C. The number of hydrogen-bond acceptors (Lipinski definition) is 3. The highest BCUT2D eigenvalue weighted by molar-refractivity contribution is 5.69. The monoisotopic (exact) mass is 130 g/mol. The lowest BCUT2D eigenvalue weighted by Gasteiger charge is -1.94. The third-order valence-electron chi connectivity index (χ3n) is 1.19. The zero-order valence-corrected chi connectivity index (χ0v) is 5.59. The van der Waals surface area contributed by atoms with E-state index in [1.165, 1.54) is 0 Å². The Balaban J connectivity index is 2.12. The number of epoxide rings is 1. The normalized spacial score (nSPS) is 31.8. The summed E-state index contributed by atoms with van der Waals surface area (Å²) >= 11 is 0. The predicted octanol–water partition coefficient (Wildman–Crippen LogP) is 0.684. The standard InChI is InChI=1S/C6H10O3/c1-3-5(7)9-6-4(2)8-6/h4,6H,3H2,1-2H3. The van der Waals surface area contributed by atoms with Crippen LogP contribution in [0.3, 0.4) is 0 Å². The highest BCUT2D eigenvalue weighted by Gasteiger charge is 2.37. The van der Waals surface area contributed by atoms with Crippen LogP contribution >= 0.6 is 0 Å². The second-order valence-corrected chi connectivity index (χ2v) is 2.05. The number of hydrogen-bond donors (Lipinski definition) is 0. The maximum absolute atomic E-state index is 10.5. The van der Waals surface area contributed by atoms with Crippen molar-refractivity contribution in [3.8, 4) is 0 Å². The third-order valence-corrected chi connectivity index (χ3v) is 1.19. The van der Waals surface area contributed by atoms with Gasteiger partial charge < -0.3 is 9.47 Å². The van der Waals surface area contributed by atoms with E-state index in [1.807, 2.05) is 6.92 Å². The van der Waals surface area contributed by atoms with Gasteiger partial charge in [-0.25, -0.2) is 0 Å². The minimum absolute atomic E-state index is 0.112. The highest BCUT2D eigenvalue weighted by Crippen LogP contribution is 2.22. The molecule has 52 valence electrons. The van der Waals surface area contributed by atoms with Crippen molar-refractivity contribution in [1.82, 2.24) is 0 Å². The van der Waals surface area contributed by atoms with Crippen molar-refractivity contribution in [1.29, 1.82) is 0 Å². The fourth-order valence-corrected chi connectivity index (χ4v) is 0.503. The quantitative estimate of drug-likeness (QED) is 0.407. The van der Waals surface area contributed by atoms with Crippen LogP contribution in [0, 0.1) is 0 Å². The fourth-order valence-electron chi connectivity index (χ4n) is 0.503. The first-order valence-electron chi connectivity index (χ1n) is 3.09. The van der Waals surface area contributed by atoms with Crippen LogP contribution in [0.15, 0.2) is 0 Å². The molecule has 0 saturated carbocycles. The van der Waals surface area contributed by atoms with Crippen LogP contribution in [-0.4, -0.2) is 18.4 Å². The first-order valence-corrected chi connectivity index (χ1v) is 3.09. The molecule has 3 heteroatoms. The largest absolute Gasteiger partial charge is 0.433 e. The van der Waals surface area contributed by atoms with E-state index in [0.717, 1.165) is 0 Å². The van der Waals surface area contributed by atoms with E-state index >= 15 is 0 Å². The summed E-state index contributed by atoms with van der Waals surface area (Å²) in [4.78, 5) is 10.5. The molecule has 0 aromatic carbocycles. The van der Waals surface area contributed by atoms with Gasteiger partial charge in [-0.3, -0.25) is 4.79 Å². The Kier molecular flexibility index (Phi) is 1.71. The Morgan fingerprint density at radius 1 is 1.78 bits per heavy atom. The molecule has 0 bridgehead atoms. The van der Waals surface area contributed by atoms with Crippen molar-refractivity contribution in [3.63, 3.8) is 0 Å². The number of esters is 1. The van der Waals surface area contributed by atoms with Crippen LogP contribution < -0.4 is 0 Å². The van der Waals surface area contributed by atoms with Gasteiger partial charge in [0.2, 0.25) is 6.29 Å². The predicted molar refractivity (Wildman–Crippen MR) is 30.7 cm³/mol. The average molecular weight is 130 g/mol. The minimum Gasteiger partial charge on any atom is -0.433 e. The molecule has 0 aromatic rings. The second-order valence-electron chi connectivity index (χ2n) is 2.05. The van der Waals surface area contributed by atoms with Crippen molar-refractivity contribution < 1.29 is 14.3 Å². The molecule has 0 radical (unpaired) electrons. The molecule has 1 aliphatic heterocycles. The van der Waals surface area contributed by atoms with E-state index in [-0.39, 0.29) is 18.4 Å². The fraction of sp³-hybridized carbons (Fsp3) is 0.833. The molecule has 1 fully saturated rings. The maximum Gasteiger partial charge on any atom is 0.307 e. The summed E-state index contributed by atoms with van der Waals surface area (Å²) in [6.45, 7) is 3.63. The van der Waals surface area contributed by atoms with Crippen LogP contribution in [0.4, 0.5) is 0 Å². The van der Waals surface area contributed by atoms with Crippen LogP contribution in [-0.2, 0) is 14.3 Å². The number of ether oxygens (including phenoxy) is 2. The summed E-state index contributed by atoms with van der Waals surface area (Å²) in [5, 5.41) is 0. The summed E-state index contributed by atoms with van der Waals surface area (Å²) in [6.07, 6.45) is 0.282. The maximum atomic E-state index is 10.5. The molecule has 0 aromatic heterocycles. The lowest BCUT2D eigenvalue weighted by Crippen LogP contribution is -2.06. The zero-order chi connectivity index (χ0) is 6.85. The molecule has 9 heavy (non-hydrogen) atoms. The number of rotatable bonds is 2. The van der Waals surface area contributed by atoms with E-state index in [1.54, 1.807) is 6.92 Å². The molecule has 1 rings (SSSR count). The summed E-state index contributed by atoms with van der Waals surface area (Å²) in [7, 11) is 0. The van der Waals surface area contributed by atoms with Gasteiger partial charge in [-0.1, -0.05) is 6.92 Å². The van der Waals surface area contributed by atoms with E-state index < -0.39 is 0 Å². The molecule has 1 heterocycles. The summed E-state index contributed by atoms with van der Waals surface area (Å²) in [5.41, 5.74) is 0. The summed E-state index contributed by atoms with van der Waals surface area (Å²) in [6, 6.07) is 0. The minimum atomic E-state index is -0.252.